The van der Waals surface area contributed by atoms with Crippen LogP contribution >= 0.6 is 0 Å². The third-order valence-corrected chi connectivity index (χ3v) is 3.63. The van der Waals surface area contributed by atoms with E-state index in [-0.39, 0.29) is 12.6 Å². The van der Waals surface area contributed by atoms with Gasteiger partial charge in [-0.05, 0) is 36.2 Å². The second-order valence-electron chi connectivity index (χ2n) is 5.26. The maximum atomic E-state index is 11.8. The van der Waals surface area contributed by atoms with Gasteiger partial charge in [-0.2, -0.15) is 0 Å². The van der Waals surface area contributed by atoms with E-state index in [1.54, 1.807) is 7.11 Å². The normalized spacial score (nSPS) is 10.7. The Balaban J connectivity index is 1.49. The Morgan fingerprint density at radius 2 is 1.87 bits per heavy atom. The minimum atomic E-state index is -0.235. The summed E-state index contributed by atoms with van der Waals surface area (Å²) in [4.78, 5) is 11.8. The summed E-state index contributed by atoms with van der Waals surface area (Å²) in [6, 6.07) is 17.3. The standard InChI is InChI=1S/C19H18O4/c1-21-16-9-6-14(7-10-16)8-11-19(20)22-13-17-12-15-4-2-3-5-18(15)23-17/h2-7,9-10,12H,8,11,13H2,1H3. The highest BCUT2D eigenvalue weighted by Crippen LogP contribution is 2.19. The van der Waals surface area contributed by atoms with E-state index in [9.17, 15) is 4.79 Å². The van der Waals surface area contributed by atoms with Gasteiger partial charge in [-0.25, -0.2) is 0 Å². The van der Waals surface area contributed by atoms with Gasteiger partial charge in [0.25, 0.3) is 0 Å². The van der Waals surface area contributed by atoms with Gasteiger partial charge in [0.1, 0.15) is 23.7 Å². The molecule has 0 fully saturated rings. The molecule has 0 saturated carbocycles. The molecule has 0 N–H and O–H groups in total. The molecular weight excluding hydrogens is 292 g/mol. The number of hydrogen-bond acceptors (Lipinski definition) is 4. The molecule has 0 aliphatic rings. The second-order valence-corrected chi connectivity index (χ2v) is 5.26. The van der Waals surface area contributed by atoms with Gasteiger partial charge in [-0.15, -0.1) is 0 Å². The van der Waals surface area contributed by atoms with Gasteiger partial charge < -0.3 is 13.9 Å². The molecule has 0 unspecified atom stereocenters. The van der Waals surface area contributed by atoms with E-state index in [1.165, 1.54) is 0 Å². The fourth-order valence-electron chi connectivity index (χ4n) is 2.37. The number of carbonyl (C=O) groups excluding carboxylic acids is 1. The molecule has 3 aromatic rings. The third kappa shape index (κ3) is 3.92. The summed E-state index contributed by atoms with van der Waals surface area (Å²) in [5.41, 5.74) is 1.88. The van der Waals surface area contributed by atoms with Gasteiger partial charge >= 0.3 is 5.97 Å². The average molecular weight is 310 g/mol. The molecule has 2 aromatic carbocycles. The lowest BCUT2D eigenvalue weighted by Gasteiger charge is -2.04. The molecule has 118 valence electrons. The van der Waals surface area contributed by atoms with Crippen molar-refractivity contribution in [2.45, 2.75) is 19.4 Å². The molecule has 0 bridgehead atoms. The Labute approximate surface area is 134 Å². The highest BCUT2D eigenvalue weighted by molar-refractivity contribution is 5.77. The molecule has 0 aliphatic carbocycles. The number of methoxy groups -OCH3 is 1. The van der Waals surface area contributed by atoms with Crippen molar-refractivity contribution >= 4 is 16.9 Å². The molecule has 1 heterocycles. The van der Waals surface area contributed by atoms with Gasteiger partial charge in [0, 0.05) is 11.8 Å². The lowest BCUT2D eigenvalue weighted by atomic mass is 10.1. The van der Waals surface area contributed by atoms with Crippen molar-refractivity contribution < 1.29 is 18.7 Å². The van der Waals surface area contributed by atoms with Gasteiger partial charge in [0.15, 0.2) is 0 Å². The summed E-state index contributed by atoms with van der Waals surface area (Å²) < 4.78 is 16.0. The molecule has 0 spiro atoms. The van der Waals surface area contributed by atoms with Crippen LogP contribution in [0, 0.1) is 0 Å². The smallest absolute Gasteiger partial charge is 0.306 e. The molecule has 0 aliphatic heterocycles. The predicted octanol–water partition coefficient (Wildman–Crippen LogP) is 4.12. The molecule has 4 nitrogen and oxygen atoms in total. The molecule has 1 aromatic heterocycles. The maximum absolute atomic E-state index is 11.8. The topological polar surface area (TPSA) is 48.7 Å². The first-order valence-corrected chi connectivity index (χ1v) is 7.50. The second kappa shape index (κ2) is 7.01. The summed E-state index contributed by atoms with van der Waals surface area (Å²) >= 11 is 0. The average Bonchev–Trinajstić information content (AvgIpc) is 3.01. The largest absolute Gasteiger partial charge is 0.497 e. The molecule has 0 saturated heterocycles. The number of carbonyl (C=O) groups is 1. The van der Waals surface area contributed by atoms with Crippen LogP contribution < -0.4 is 4.74 Å². The SMILES string of the molecule is COc1ccc(CCC(=O)OCc2cc3ccccc3o2)cc1. The zero-order valence-electron chi connectivity index (χ0n) is 13.0. The van der Waals surface area contributed by atoms with E-state index in [2.05, 4.69) is 0 Å². The predicted molar refractivity (Wildman–Crippen MR) is 87.3 cm³/mol. The van der Waals surface area contributed by atoms with Crippen LogP contribution in [0.4, 0.5) is 0 Å². The van der Waals surface area contributed by atoms with Crippen molar-refractivity contribution in [1.29, 1.82) is 0 Å². The van der Waals surface area contributed by atoms with E-state index in [0.717, 1.165) is 22.3 Å². The number of para-hydroxylation sites is 1. The van der Waals surface area contributed by atoms with Crippen molar-refractivity contribution in [3.8, 4) is 5.75 Å². The number of furan rings is 1. The van der Waals surface area contributed by atoms with Crippen LogP contribution in [-0.2, 0) is 22.6 Å². The van der Waals surface area contributed by atoms with Crippen molar-refractivity contribution in [3.63, 3.8) is 0 Å². The van der Waals surface area contributed by atoms with Crippen LogP contribution in [0.3, 0.4) is 0 Å². The van der Waals surface area contributed by atoms with Crippen molar-refractivity contribution in [1.82, 2.24) is 0 Å². The van der Waals surface area contributed by atoms with Gasteiger partial charge in [0.2, 0.25) is 0 Å². The monoisotopic (exact) mass is 310 g/mol. The lowest BCUT2D eigenvalue weighted by molar-refractivity contribution is -0.145. The lowest BCUT2D eigenvalue weighted by Crippen LogP contribution is -2.05. The first-order valence-electron chi connectivity index (χ1n) is 7.50. The minimum absolute atomic E-state index is 0.163. The summed E-state index contributed by atoms with van der Waals surface area (Å²) in [5, 5.41) is 1.01. The molecular formula is C19H18O4. The van der Waals surface area contributed by atoms with E-state index in [0.29, 0.717) is 18.6 Å². The van der Waals surface area contributed by atoms with Crippen molar-refractivity contribution in [2.75, 3.05) is 7.11 Å². The zero-order valence-corrected chi connectivity index (χ0v) is 13.0. The Kier molecular flexibility index (Phi) is 4.62. The third-order valence-electron chi connectivity index (χ3n) is 3.63. The molecule has 0 radical (unpaired) electrons. The maximum Gasteiger partial charge on any atom is 0.306 e. The Hall–Kier alpha value is -2.75. The zero-order chi connectivity index (χ0) is 16.1. The fraction of sp³-hybridized carbons (Fsp3) is 0.211. The number of aryl methyl sites for hydroxylation is 1. The fourth-order valence-corrected chi connectivity index (χ4v) is 2.37. The number of ether oxygens (including phenoxy) is 2. The van der Waals surface area contributed by atoms with Crippen LogP contribution in [0.25, 0.3) is 11.0 Å². The van der Waals surface area contributed by atoms with Crippen LogP contribution in [0.2, 0.25) is 0 Å². The number of hydrogen-bond donors (Lipinski definition) is 0. The number of esters is 1. The molecule has 23 heavy (non-hydrogen) atoms. The van der Waals surface area contributed by atoms with Crippen LogP contribution in [0.15, 0.2) is 59.0 Å². The van der Waals surface area contributed by atoms with E-state index in [1.807, 2.05) is 54.6 Å². The Bertz CT molecular complexity index is 753. The van der Waals surface area contributed by atoms with E-state index < -0.39 is 0 Å². The number of benzene rings is 2. The summed E-state index contributed by atoms with van der Waals surface area (Å²) in [6.07, 6.45) is 0.982. The van der Waals surface area contributed by atoms with Gasteiger partial charge in [-0.3, -0.25) is 4.79 Å². The van der Waals surface area contributed by atoms with Crippen molar-refractivity contribution in [2.24, 2.45) is 0 Å². The molecule has 4 heteroatoms. The van der Waals surface area contributed by atoms with E-state index in [4.69, 9.17) is 13.9 Å². The first-order chi connectivity index (χ1) is 11.2. The highest BCUT2D eigenvalue weighted by atomic mass is 16.5. The molecule has 0 amide bonds. The van der Waals surface area contributed by atoms with Crippen molar-refractivity contribution in [3.05, 3.63) is 65.9 Å². The summed E-state index contributed by atoms with van der Waals surface area (Å²) in [7, 11) is 1.63. The van der Waals surface area contributed by atoms with Gasteiger partial charge in [-0.1, -0.05) is 30.3 Å². The number of rotatable bonds is 6. The number of fused-ring (bicyclic) bond motifs is 1. The van der Waals surface area contributed by atoms with E-state index >= 15 is 0 Å². The first kappa shape index (κ1) is 15.2. The van der Waals surface area contributed by atoms with Crippen LogP contribution in [-0.4, -0.2) is 13.1 Å². The molecule has 0 atom stereocenters. The Morgan fingerprint density at radius 1 is 1.09 bits per heavy atom. The quantitative estimate of drug-likeness (QED) is 0.643. The summed E-state index contributed by atoms with van der Waals surface area (Å²) in [5.74, 6) is 1.23. The molecule has 3 rings (SSSR count). The summed E-state index contributed by atoms with van der Waals surface area (Å²) in [6.45, 7) is 0.163. The minimum Gasteiger partial charge on any atom is -0.497 e. The Morgan fingerprint density at radius 3 is 2.61 bits per heavy atom. The van der Waals surface area contributed by atoms with Gasteiger partial charge in [0.05, 0.1) is 7.11 Å². The highest BCUT2D eigenvalue weighted by Gasteiger charge is 2.08. The van der Waals surface area contributed by atoms with Crippen LogP contribution in [0.1, 0.15) is 17.7 Å². The van der Waals surface area contributed by atoms with Crippen LogP contribution in [0.5, 0.6) is 5.75 Å².